The maximum Gasteiger partial charge on any atom is 0.164 e. The summed E-state index contributed by atoms with van der Waals surface area (Å²) in [6.45, 7) is 2.00. The van der Waals surface area contributed by atoms with Crippen LogP contribution in [0.4, 0.5) is 0 Å². The first-order valence-electron chi connectivity index (χ1n) is 5.93. The van der Waals surface area contributed by atoms with E-state index in [1.54, 1.807) is 28.4 Å². The fourth-order valence-corrected chi connectivity index (χ4v) is 2.26. The second-order valence-corrected chi connectivity index (χ2v) is 4.17. The first-order chi connectivity index (χ1) is 9.15. The molecule has 0 aliphatic rings. The van der Waals surface area contributed by atoms with E-state index in [1.165, 1.54) is 0 Å². The third-order valence-corrected chi connectivity index (χ3v) is 3.23. The molecule has 0 radical (unpaired) electrons. The van der Waals surface area contributed by atoms with Crippen LogP contribution in [0.5, 0.6) is 23.0 Å². The quantitative estimate of drug-likeness (QED) is 0.848. The summed E-state index contributed by atoms with van der Waals surface area (Å²) in [6.07, 6.45) is 0. The first-order valence-corrected chi connectivity index (χ1v) is 5.93. The van der Waals surface area contributed by atoms with Crippen molar-refractivity contribution in [3.05, 3.63) is 23.8 Å². The standard InChI is InChI=1S/C15H18O4/c1-9-11-8-13(17-3)12(16-2)6-10(11)7-14(18-4)15(9)19-5/h6-8H,1-5H3. The smallest absolute Gasteiger partial charge is 0.164 e. The highest BCUT2D eigenvalue weighted by Crippen LogP contribution is 2.41. The van der Waals surface area contributed by atoms with Crippen molar-refractivity contribution in [2.24, 2.45) is 0 Å². The summed E-state index contributed by atoms with van der Waals surface area (Å²) in [7, 11) is 6.51. The van der Waals surface area contributed by atoms with Crippen LogP contribution < -0.4 is 18.9 Å². The van der Waals surface area contributed by atoms with Gasteiger partial charge < -0.3 is 18.9 Å². The molecule has 4 nitrogen and oxygen atoms in total. The van der Waals surface area contributed by atoms with E-state index in [-0.39, 0.29) is 0 Å². The van der Waals surface area contributed by atoms with E-state index in [9.17, 15) is 0 Å². The maximum absolute atomic E-state index is 5.41. The number of aryl methyl sites for hydroxylation is 1. The predicted octanol–water partition coefficient (Wildman–Crippen LogP) is 3.18. The summed E-state index contributed by atoms with van der Waals surface area (Å²) in [5.74, 6) is 2.84. The minimum Gasteiger partial charge on any atom is -0.493 e. The molecule has 0 bridgehead atoms. The lowest BCUT2D eigenvalue weighted by atomic mass is 10.0. The van der Waals surface area contributed by atoms with Crippen LogP contribution >= 0.6 is 0 Å². The van der Waals surface area contributed by atoms with Gasteiger partial charge in [0.1, 0.15) is 0 Å². The van der Waals surface area contributed by atoms with Gasteiger partial charge in [-0.3, -0.25) is 0 Å². The Morgan fingerprint density at radius 3 is 1.74 bits per heavy atom. The van der Waals surface area contributed by atoms with Gasteiger partial charge in [0, 0.05) is 5.56 Å². The van der Waals surface area contributed by atoms with Gasteiger partial charge in [0.15, 0.2) is 23.0 Å². The lowest BCUT2D eigenvalue weighted by molar-refractivity contribution is 0.352. The average Bonchev–Trinajstić information content (AvgIpc) is 2.45. The Bertz CT molecular complexity index is 600. The van der Waals surface area contributed by atoms with Crippen molar-refractivity contribution in [1.29, 1.82) is 0 Å². The summed E-state index contributed by atoms with van der Waals surface area (Å²) in [6, 6.07) is 5.82. The Kier molecular flexibility index (Phi) is 3.69. The molecule has 0 N–H and O–H groups in total. The number of methoxy groups -OCH3 is 4. The number of fused-ring (bicyclic) bond motifs is 1. The second kappa shape index (κ2) is 5.26. The van der Waals surface area contributed by atoms with E-state index < -0.39 is 0 Å². The van der Waals surface area contributed by atoms with Crippen molar-refractivity contribution >= 4 is 10.8 Å². The topological polar surface area (TPSA) is 36.9 Å². The van der Waals surface area contributed by atoms with Crippen LogP contribution in [0, 0.1) is 6.92 Å². The molecule has 4 heteroatoms. The fraction of sp³-hybridized carbons (Fsp3) is 0.333. The number of benzene rings is 2. The molecular formula is C15H18O4. The molecule has 0 unspecified atom stereocenters. The highest BCUT2D eigenvalue weighted by molar-refractivity contribution is 5.92. The van der Waals surface area contributed by atoms with Crippen molar-refractivity contribution in [1.82, 2.24) is 0 Å². The Hall–Kier alpha value is -2.10. The minimum atomic E-state index is 0.696. The number of ether oxygens (including phenoxy) is 4. The molecule has 0 spiro atoms. The van der Waals surface area contributed by atoms with Gasteiger partial charge in [-0.25, -0.2) is 0 Å². The zero-order valence-corrected chi connectivity index (χ0v) is 11.9. The molecule has 0 saturated heterocycles. The summed E-state index contributed by atoms with van der Waals surface area (Å²) in [5.41, 5.74) is 1.01. The van der Waals surface area contributed by atoms with Gasteiger partial charge in [0.25, 0.3) is 0 Å². The Labute approximate surface area is 112 Å². The van der Waals surface area contributed by atoms with Crippen LogP contribution in [0.25, 0.3) is 10.8 Å². The highest BCUT2D eigenvalue weighted by Gasteiger charge is 2.14. The van der Waals surface area contributed by atoms with Crippen molar-refractivity contribution in [3.63, 3.8) is 0 Å². The van der Waals surface area contributed by atoms with Gasteiger partial charge in [-0.2, -0.15) is 0 Å². The normalized spacial score (nSPS) is 10.4. The third-order valence-electron chi connectivity index (χ3n) is 3.23. The second-order valence-electron chi connectivity index (χ2n) is 4.17. The van der Waals surface area contributed by atoms with Crippen molar-refractivity contribution < 1.29 is 18.9 Å². The van der Waals surface area contributed by atoms with Gasteiger partial charge in [0.05, 0.1) is 28.4 Å². The molecule has 0 saturated carbocycles. The molecule has 0 amide bonds. The van der Waals surface area contributed by atoms with Gasteiger partial charge in [-0.05, 0) is 35.9 Å². The van der Waals surface area contributed by atoms with Crippen LogP contribution in [0.3, 0.4) is 0 Å². The molecule has 0 heterocycles. The van der Waals surface area contributed by atoms with Crippen LogP contribution in [0.1, 0.15) is 5.56 Å². The zero-order valence-electron chi connectivity index (χ0n) is 11.9. The number of rotatable bonds is 4. The Morgan fingerprint density at radius 2 is 1.21 bits per heavy atom. The van der Waals surface area contributed by atoms with E-state index >= 15 is 0 Å². The van der Waals surface area contributed by atoms with Gasteiger partial charge in [-0.1, -0.05) is 0 Å². The zero-order chi connectivity index (χ0) is 14.0. The molecule has 102 valence electrons. The summed E-state index contributed by atoms with van der Waals surface area (Å²) >= 11 is 0. The SMILES string of the molecule is COc1cc2cc(OC)c(OC)c(C)c2cc1OC. The molecule has 2 aromatic rings. The van der Waals surface area contributed by atoms with Gasteiger partial charge in [0.2, 0.25) is 0 Å². The largest absolute Gasteiger partial charge is 0.493 e. The van der Waals surface area contributed by atoms with Crippen LogP contribution in [0.15, 0.2) is 18.2 Å². The third kappa shape index (κ3) is 2.14. The van der Waals surface area contributed by atoms with E-state index in [0.29, 0.717) is 17.2 Å². The van der Waals surface area contributed by atoms with E-state index in [0.717, 1.165) is 22.1 Å². The Morgan fingerprint density at radius 1 is 0.684 bits per heavy atom. The van der Waals surface area contributed by atoms with Crippen molar-refractivity contribution in [2.75, 3.05) is 28.4 Å². The van der Waals surface area contributed by atoms with E-state index in [1.807, 2.05) is 25.1 Å². The van der Waals surface area contributed by atoms with E-state index in [4.69, 9.17) is 18.9 Å². The van der Waals surface area contributed by atoms with Crippen molar-refractivity contribution in [3.8, 4) is 23.0 Å². The summed E-state index contributed by atoms with van der Waals surface area (Å²) < 4.78 is 21.4. The van der Waals surface area contributed by atoms with Gasteiger partial charge >= 0.3 is 0 Å². The van der Waals surface area contributed by atoms with Gasteiger partial charge in [-0.15, -0.1) is 0 Å². The molecule has 0 fully saturated rings. The Balaban J connectivity index is 2.80. The highest BCUT2D eigenvalue weighted by atomic mass is 16.5. The molecule has 0 aliphatic heterocycles. The predicted molar refractivity (Wildman–Crippen MR) is 74.9 cm³/mol. The summed E-state index contributed by atoms with van der Waals surface area (Å²) in [4.78, 5) is 0. The van der Waals surface area contributed by atoms with E-state index in [2.05, 4.69) is 0 Å². The van der Waals surface area contributed by atoms with Crippen LogP contribution in [-0.2, 0) is 0 Å². The minimum absolute atomic E-state index is 0.696. The number of hydrogen-bond donors (Lipinski definition) is 0. The molecule has 2 rings (SSSR count). The molecule has 19 heavy (non-hydrogen) atoms. The molecule has 0 aliphatic carbocycles. The van der Waals surface area contributed by atoms with Crippen LogP contribution in [-0.4, -0.2) is 28.4 Å². The molecule has 0 atom stereocenters. The lowest BCUT2D eigenvalue weighted by Crippen LogP contribution is -1.96. The monoisotopic (exact) mass is 262 g/mol. The molecular weight excluding hydrogens is 244 g/mol. The lowest BCUT2D eigenvalue weighted by Gasteiger charge is -2.15. The van der Waals surface area contributed by atoms with Crippen LogP contribution in [0.2, 0.25) is 0 Å². The summed E-state index contributed by atoms with van der Waals surface area (Å²) in [5, 5.41) is 2.07. The maximum atomic E-state index is 5.41. The molecule has 0 aromatic heterocycles. The number of hydrogen-bond acceptors (Lipinski definition) is 4. The average molecular weight is 262 g/mol. The van der Waals surface area contributed by atoms with Crippen molar-refractivity contribution in [2.45, 2.75) is 6.92 Å². The first kappa shape index (κ1) is 13.3. The molecule has 2 aromatic carbocycles. The fourth-order valence-electron chi connectivity index (χ4n) is 2.26.